The summed E-state index contributed by atoms with van der Waals surface area (Å²) in [5.74, 6) is -0.993. The van der Waals surface area contributed by atoms with E-state index < -0.39 is 26.3 Å². The number of nitriles is 1. The second-order valence-corrected chi connectivity index (χ2v) is 6.88. The summed E-state index contributed by atoms with van der Waals surface area (Å²) in [7, 11) is -4.17. The van der Waals surface area contributed by atoms with Gasteiger partial charge in [0.25, 0.3) is 10.0 Å². The summed E-state index contributed by atoms with van der Waals surface area (Å²) in [5, 5.41) is 8.89. The number of benzene rings is 1. The van der Waals surface area contributed by atoms with Crippen LogP contribution in [-0.4, -0.2) is 18.4 Å². The second kappa shape index (κ2) is 6.05. The van der Waals surface area contributed by atoms with Crippen molar-refractivity contribution < 1.29 is 12.8 Å². The van der Waals surface area contributed by atoms with E-state index in [1.165, 1.54) is 18.3 Å². The molecule has 0 aliphatic heterocycles. The highest BCUT2D eigenvalue weighted by molar-refractivity contribution is 9.11. The molecule has 0 spiro atoms. The predicted octanol–water partition coefficient (Wildman–Crippen LogP) is 2.81. The number of hydrogen-bond acceptors (Lipinski definition) is 5. The third kappa shape index (κ3) is 3.37. The topological polar surface area (TPSA) is 95.7 Å². The zero-order valence-electron chi connectivity index (χ0n) is 10.0. The molecule has 0 fully saturated rings. The summed E-state index contributed by atoms with van der Waals surface area (Å²) in [5.41, 5.74) is -0.564. The van der Waals surface area contributed by atoms with Crippen molar-refractivity contribution >= 4 is 47.7 Å². The lowest BCUT2D eigenvalue weighted by Crippen LogP contribution is -2.16. The first-order chi connectivity index (χ1) is 9.85. The van der Waals surface area contributed by atoms with E-state index >= 15 is 0 Å². The van der Waals surface area contributed by atoms with Crippen LogP contribution in [0.2, 0.25) is 0 Å². The molecule has 1 aromatic heterocycles. The molecule has 2 aromatic rings. The van der Waals surface area contributed by atoms with Crippen LogP contribution in [0.1, 0.15) is 5.56 Å². The van der Waals surface area contributed by atoms with Crippen molar-refractivity contribution in [1.82, 2.24) is 9.97 Å². The van der Waals surface area contributed by atoms with Crippen LogP contribution in [0.25, 0.3) is 0 Å². The van der Waals surface area contributed by atoms with Crippen LogP contribution in [0.5, 0.6) is 0 Å². The Labute approximate surface area is 136 Å². The summed E-state index contributed by atoms with van der Waals surface area (Å²) in [6, 6.07) is 4.87. The standard InChI is InChI=1S/C11H5Br2FN4O2S/c12-9-5-16-11(10(13)17-9)18-21(19,20)8-3-1-2-7(14)6(8)4-15/h1-3,5H,(H,16,18). The van der Waals surface area contributed by atoms with E-state index in [0.717, 1.165) is 12.1 Å². The number of sulfonamides is 1. The van der Waals surface area contributed by atoms with Gasteiger partial charge < -0.3 is 0 Å². The van der Waals surface area contributed by atoms with Crippen molar-refractivity contribution in [3.63, 3.8) is 0 Å². The molecule has 0 bridgehead atoms. The highest BCUT2D eigenvalue weighted by Gasteiger charge is 2.23. The Balaban J connectivity index is 2.49. The lowest BCUT2D eigenvalue weighted by molar-refractivity contribution is 0.593. The van der Waals surface area contributed by atoms with E-state index in [-0.39, 0.29) is 10.4 Å². The van der Waals surface area contributed by atoms with Gasteiger partial charge in [-0.25, -0.2) is 22.8 Å². The minimum atomic E-state index is -4.17. The van der Waals surface area contributed by atoms with E-state index in [4.69, 9.17) is 5.26 Å². The van der Waals surface area contributed by atoms with Gasteiger partial charge in [0, 0.05) is 0 Å². The van der Waals surface area contributed by atoms with Crippen molar-refractivity contribution in [2.75, 3.05) is 4.72 Å². The fourth-order valence-electron chi connectivity index (χ4n) is 1.43. The number of anilines is 1. The first kappa shape index (κ1) is 15.8. The molecule has 1 aromatic carbocycles. The van der Waals surface area contributed by atoms with E-state index in [0.29, 0.717) is 4.60 Å². The van der Waals surface area contributed by atoms with Crippen LogP contribution in [0.3, 0.4) is 0 Å². The van der Waals surface area contributed by atoms with Gasteiger partial charge >= 0.3 is 0 Å². The van der Waals surface area contributed by atoms with E-state index in [1.807, 2.05) is 0 Å². The third-order valence-electron chi connectivity index (χ3n) is 2.31. The lowest BCUT2D eigenvalue weighted by Gasteiger charge is -2.09. The molecule has 10 heteroatoms. The number of halogens is 3. The molecule has 0 saturated heterocycles. The highest BCUT2D eigenvalue weighted by atomic mass is 79.9. The summed E-state index contributed by atoms with van der Waals surface area (Å²) in [6.07, 6.45) is 1.29. The molecule has 1 N–H and O–H groups in total. The first-order valence-electron chi connectivity index (χ1n) is 5.24. The van der Waals surface area contributed by atoms with Crippen LogP contribution in [0.4, 0.5) is 10.2 Å². The monoisotopic (exact) mass is 434 g/mol. The van der Waals surface area contributed by atoms with Crippen LogP contribution in [0.15, 0.2) is 38.5 Å². The number of nitrogens with zero attached hydrogens (tertiary/aromatic N) is 3. The summed E-state index contributed by atoms with van der Waals surface area (Å²) >= 11 is 6.13. The van der Waals surface area contributed by atoms with Crippen LogP contribution < -0.4 is 4.72 Å². The largest absolute Gasteiger partial charge is 0.264 e. The maximum atomic E-state index is 13.5. The Hall–Kier alpha value is -1.57. The van der Waals surface area contributed by atoms with Gasteiger partial charge in [0.15, 0.2) is 10.4 Å². The second-order valence-electron chi connectivity index (χ2n) is 3.66. The van der Waals surface area contributed by atoms with Gasteiger partial charge in [-0.15, -0.1) is 0 Å². The van der Waals surface area contributed by atoms with E-state index in [2.05, 4.69) is 46.5 Å². The summed E-state index contributed by atoms with van der Waals surface area (Å²) in [6.45, 7) is 0. The minimum absolute atomic E-state index is 0.0775. The fourth-order valence-corrected chi connectivity index (χ4v) is 3.66. The molecule has 21 heavy (non-hydrogen) atoms. The number of rotatable bonds is 3. The summed E-state index contributed by atoms with van der Waals surface area (Å²) < 4.78 is 40.7. The molecule has 6 nitrogen and oxygen atoms in total. The lowest BCUT2D eigenvalue weighted by atomic mass is 10.2. The van der Waals surface area contributed by atoms with E-state index in [9.17, 15) is 12.8 Å². The SMILES string of the molecule is N#Cc1c(F)cccc1S(=O)(=O)Nc1ncc(Br)nc1Br. The van der Waals surface area contributed by atoms with Crippen molar-refractivity contribution in [2.45, 2.75) is 4.90 Å². The summed E-state index contributed by atoms with van der Waals surface area (Å²) in [4.78, 5) is 7.29. The Morgan fingerprint density at radius 1 is 1.33 bits per heavy atom. The van der Waals surface area contributed by atoms with Crippen LogP contribution in [0, 0.1) is 17.1 Å². The van der Waals surface area contributed by atoms with Crippen LogP contribution in [-0.2, 0) is 10.0 Å². The molecule has 1 heterocycles. The normalized spacial score (nSPS) is 11.0. The maximum absolute atomic E-state index is 13.5. The van der Waals surface area contributed by atoms with Gasteiger partial charge in [-0.05, 0) is 44.0 Å². The molecule has 0 aliphatic rings. The predicted molar refractivity (Wildman–Crippen MR) is 79.4 cm³/mol. The van der Waals surface area contributed by atoms with E-state index in [1.54, 1.807) is 0 Å². The molecule has 2 rings (SSSR count). The van der Waals surface area contributed by atoms with Gasteiger partial charge in [0.2, 0.25) is 0 Å². The molecular weight excluding hydrogens is 431 g/mol. The van der Waals surface area contributed by atoms with Crippen LogP contribution >= 0.6 is 31.9 Å². The average Bonchev–Trinajstić information content (AvgIpc) is 2.41. The molecule has 108 valence electrons. The molecular formula is C11H5Br2FN4O2S. The number of aromatic nitrogens is 2. The first-order valence-corrected chi connectivity index (χ1v) is 8.31. The number of hydrogen-bond donors (Lipinski definition) is 1. The van der Waals surface area contributed by atoms with Gasteiger partial charge in [-0.2, -0.15) is 5.26 Å². The molecule has 0 aliphatic carbocycles. The maximum Gasteiger partial charge on any atom is 0.264 e. The van der Waals surface area contributed by atoms with Crippen molar-refractivity contribution in [1.29, 1.82) is 5.26 Å². The number of nitrogens with one attached hydrogen (secondary N) is 1. The Morgan fingerprint density at radius 2 is 2.05 bits per heavy atom. The smallest absolute Gasteiger partial charge is 0.261 e. The van der Waals surface area contributed by atoms with Gasteiger partial charge in [-0.1, -0.05) is 6.07 Å². The fraction of sp³-hybridized carbons (Fsp3) is 0. The Bertz CT molecular complexity index is 852. The molecule has 0 radical (unpaired) electrons. The van der Waals surface area contributed by atoms with Gasteiger partial charge in [-0.3, -0.25) is 4.72 Å². The van der Waals surface area contributed by atoms with Gasteiger partial charge in [0.05, 0.1) is 6.20 Å². The Kier molecular flexibility index (Phi) is 4.55. The zero-order chi connectivity index (χ0) is 15.6. The average molecular weight is 436 g/mol. The van der Waals surface area contributed by atoms with Gasteiger partial charge in [0.1, 0.15) is 26.9 Å². The zero-order valence-corrected chi connectivity index (χ0v) is 14.0. The van der Waals surface area contributed by atoms with Crippen molar-refractivity contribution in [3.05, 3.63) is 45.0 Å². The Morgan fingerprint density at radius 3 is 2.67 bits per heavy atom. The van der Waals surface area contributed by atoms with Crippen molar-refractivity contribution in [3.8, 4) is 6.07 Å². The molecule has 0 unspecified atom stereocenters. The molecule has 0 saturated carbocycles. The molecule has 0 amide bonds. The molecule has 0 atom stereocenters. The third-order valence-corrected chi connectivity index (χ3v) is 4.62. The highest BCUT2D eigenvalue weighted by Crippen LogP contribution is 2.24. The quantitative estimate of drug-likeness (QED) is 0.799. The van der Waals surface area contributed by atoms with Crippen molar-refractivity contribution in [2.24, 2.45) is 0 Å². The minimum Gasteiger partial charge on any atom is -0.261 e.